The first-order chi connectivity index (χ1) is 7.34. The van der Waals surface area contributed by atoms with Gasteiger partial charge in [0.15, 0.2) is 5.78 Å². The lowest BCUT2D eigenvalue weighted by Crippen LogP contribution is -2.42. The van der Waals surface area contributed by atoms with E-state index in [1.807, 2.05) is 13.8 Å². The summed E-state index contributed by atoms with van der Waals surface area (Å²) in [7, 11) is 0. The maximum Gasteiger partial charge on any atom is 0.152 e. The molecule has 0 spiro atoms. The average Bonchev–Trinajstić information content (AvgIpc) is 2.60. The first-order valence-corrected chi connectivity index (χ1v) is 6.64. The lowest BCUT2D eigenvalue weighted by molar-refractivity contribution is -0.126. The molecule has 1 fully saturated rings. The maximum absolute atomic E-state index is 12.2. The molecule has 0 N–H and O–H groups in total. The van der Waals surface area contributed by atoms with Gasteiger partial charge in [0.25, 0.3) is 0 Å². The van der Waals surface area contributed by atoms with Crippen molar-refractivity contribution in [3.8, 4) is 0 Å². The number of carbonyl (C=O) groups is 1. The van der Waals surface area contributed by atoms with Gasteiger partial charge < -0.3 is 0 Å². The third kappa shape index (κ3) is 2.85. The molecule has 0 aromatic rings. The number of likely N-dealkylation sites (tertiary alicyclic amines) is 1. The summed E-state index contributed by atoms with van der Waals surface area (Å²) >= 11 is 0. The molecule has 0 bridgehead atoms. The van der Waals surface area contributed by atoms with E-state index in [9.17, 15) is 4.79 Å². The predicted octanol–water partition coefficient (Wildman–Crippen LogP) is 2.97. The quantitative estimate of drug-likeness (QED) is 0.733. The van der Waals surface area contributed by atoms with Crippen molar-refractivity contribution >= 4 is 5.78 Å². The van der Waals surface area contributed by atoms with Crippen LogP contribution in [-0.4, -0.2) is 29.3 Å². The summed E-state index contributed by atoms with van der Waals surface area (Å²) in [5.74, 6) is 1.97. The van der Waals surface area contributed by atoms with Crippen molar-refractivity contribution in [1.82, 2.24) is 4.90 Å². The molecular formula is C14H27NO. The van der Waals surface area contributed by atoms with Gasteiger partial charge in [-0.1, -0.05) is 27.7 Å². The second kappa shape index (κ2) is 5.31. The van der Waals surface area contributed by atoms with E-state index < -0.39 is 0 Å². The Morgan fingerprint density at radius 1 is 1.12 bits per heavy atom. The van der Waals surface area contributed by atoms with Crippen LogP contribution < -0.4 is 0 Å². The molecule has 2 atom stereocenters. The Kier molecular flexibility index (Phi) is 4.54. The third-order valence-corrected chi connectivity index (χ3v) is 3.88. The molecule has 0 radical (unpaired) electrons. The molecule has 16 heavy (non-hydrogen) atoms. The van der Waals surface area contributed by atoms with Crippen LogP contribution in [0.2, 0.25) is 0 Å². The predicted molar refractivity (Wildman–Crippen MR) is 68.4 cm³/mol. The van der Waals surface area contributed by atoms with Crippen molar-refractivity contribution in [1.29, 1.82) is 0 Å². The van der Waals surface area contributed by atoms with Crippen LogP contribution in [0.4, 0.5) is 0 Å². The van der Waals surface area contributed by atoms with Crippen molar-refractivity contribution in [3.05, 3.63) is 0 Å². The fraction of sp³-hybridized carbons (Fsp3) is 0.929. The molecule has 2 heteroatoms. The number of hydrogen-bond donors (Lipinski definition) is 0. The standard InChI is InChI=1S/C14H27NO/c1-9(2)12-7-13(14(16)10(3)4)15(8-12)11(5)6/h9-13H,7-8H2,1-6H3. The van der Waals surface area contributed by atoms with Gasteiger partial charge in [-0.2, -0.15) is 0 Å². The van der Waals surface area contributed by atoms with Crippen molar-refractivity contribution in [2.75, 3.05) is 6.54 Å². The average molecular weight is 225 g/mol. The molecule has 1 aliphatic rings. The zero-order chi connectivity index (χ0) is 12.5. The Labute approximate surface area is 100 Å². The van der Waals surface area contributed by atoms with Gasteiger partial charge >= 0.3 is 0 Å². The number of nitrogens with zero attached hydrogens (tertiary/aromatic N) is 1. The van der Waals surface area contributed by atoms with Crippen LogP contribution >= 0.6 is 0 Å². The Morgan fingerprint density at radius 2 is 1.69 bits per heavy atom. The maximum atomic E-state index is 12.2. The number of hydrogen-bond acceptors (Lipinski definition) is 2. The highest BCUT2D eigenvalue weighted by atomic mass is 16.1. The van der Waals surface area contributed by atoms with Crippen molar-refractivity contribution < 1.29 is 4.79 Å². The highest BCUT2D eigenvalue weighted by Gasteiger charge is 2.39. The van der Waals surface area contributed by atoms with E-state index in [0.29, 0.717) is 23.7 Å². The normalized spacial score (nSPS) is 27.3. The van der Waals surface area contributed by atoms with Crippen LogP contribution in [0.1, 0.15) is 48.0 Å². The largest absolute Gasteiger partial charge is 0.298 e. The number of ketones is 1. The first-order valence-electron chi connectivity index (χ1n) is 6.64. The van der Waals surface area contributed by atoms with Crippen LogP contribution in [0.15, 0.2) is 0 Å². The zero-order valence-corrected chi connectivity index (χ0v) is 11.7. The van der Waals surface area contributed by atoms with E-state index in [4.69, 9.17) is 0 Å². The molecule has 0 saturated carbocycles. The molecule has 2 unspecified atom stereocenters. The molecule has 2 nitrogen and oxygen atoms in total. The minimum absolute atomic E-state index is 0.164. The first kappa shape index (κ1) is 13.7. The van der Waals surface area contributed by atoms with E-state index in [1.165, 1.54) is 0 Å². The van der Waals surface area contributed by atoms with Gasteiger partial charge in [-0.25, -0.2) is 0 Å². The monoisotopic (exact) mass is 225 g/mol. The summed E-state index contributed by atoms with van der Waals surface area (Å²) < 4.78 is 0. The third-order valence-electron chi connectivity index (χ3n) is 3.88. The summed E-state index contributed by atoms with van der Waals surface area (Å²) in [4.78, 5) is 14.6. The van der Waals surface area contributed by atoms with Crippen molar-refractivity contribution in [3.63, 3.8) is 0 Å². The highest BCUT2D eigenvalue weighted by molar-refractivity contribution is 5.86. The summed E-state index contributed by atoms with van der Waals surface area (Å²) in [5, 5.41) is 0. The summed E-state index contributed by atoms with van der Waals surface area (Å²) in [5.41, 5.74) is 0. The summed E-state index contributed by atoms with van der Waals surface area (Å²) in [6, 6.07) is 0.656. The molecular weight excluding hydrogens is 198 g/mol. The van der Waals surface area contributed by atoms with E-state index in [-0.39, 0.29) is 12.0 Å². The molecule has 0 aromatic heterocycles. The van der Waals surface area contributed by atoms with Crippen LogP contribution in [-0.2, 0) is 4.79 Å². The summed E-state index contributed by atoms with van der Waals surface area (Å²) in [6.07, 6.45) is 1.06. The highest BCUT2D eigenvalue weighted by Crippen LogP contribution is 2.31. The molecule has 1 saturated heterocycles. The number of carbonyl (C=O) groups excluding carboxylic acids is 1. The second-order valence-electron chi connectivity index (χ2n) is 6.10. The Hall–Kier alpha value is -0.370. The lowest BCUT2D eigenvalue weighted by Gasteiger charge is -2.28. The molecule has 0 amide bonds. The van der Waals surface area contributed by atoms with Gasteiger partial charge in [0.2, 0.25) is 0 Å². The molecule has 1 heterocycles. The SMILES string of the molecule is CC(C)C(=O)C1CC(C(C)C)CN1C(C)C. The smallest absolute Gasteiger partial charge is 0.152 e. The molecule has 0 aliphatic carbocycles. The van der Waals surface area contributed by atoms with Gasteiger partial charge in [-0.15, -0.1) is 0 Å². The molecule has 1 rings (SSSR count). The topological polar surface area (TPSA) is 20.3 Å². The Bertz CT molecular complexity index is 245. The molecule has 1 aliphatic heterocycles. The van der Waals surface area contributed by atoms with Gasteiger partial charge in [-0.3, -0.25) is 9.69 Å². The number of rotatable bonds is 4. The van der Waals surface area contributed by atoms with Gasteiger partial charge in [-0.05, 0) is 32.1 Å². The van der Waals surface area contributed by atoms with Crippen LogP contribution in [0.5, 0.6) is 0 Å². The van der Waals surface area contributed by atoms with E-state index in [0.717, 1.165) is 13.0 Å². The lowest BCUT2D eigenvalue weighted by atomic mass is 9.90. The van der Waals surface area contributed by atoms with Crippen molar-refractivity contribution in [2.45, 2.75) is 60.0 Å². The van der Waals surface area contributed by atoms with Gasteiger partial charge in [0.1, 0.15) is 0 Å². The van der Waals surface area contributed by atoms with E-state index >= 15 is 0 Å². The summed E-state index contributed by atoms with van der Waals surface area (Å²) in [6.45, 7) is 14.1. The second-order valence-corrected chi connectivity index (χ2v) is 6.10. The van der Waals surface area contributed by atoms with E-state index in [1.54, 1.807) is 0 Å². The Balaban J connectivity index is 2.77. The van der Waals surface area contributed by atoms with Crippen molar-refractivity contribution in [2.24, 2.45) is 17.8 Å². The van der Waals surface area contributed by atoms with Crippen LogP contribution in [0.3, 0.4) is 0 Å². The molecule has 0 aromatic carbocycles. The van der Waals surface area contributed by atoms with Gasteiger partial charge in [0, 0.05) is 18.5 Å². The molecule has 94 valence electrons. The zero-order valence-electron chi connectivity index (χ0n) is 11.7. The minimum atomic E-state index is 0.164. The fourth-order valence-electron chi connectivity index (χ4n) is 2.61. The van der Waals surface area contributed by atoms with Crippen LogP contribution in [0, 0.1) is 17.8 Å². The minimum Gasteiger partial charge on any atom is -0.298 e. The van der Waals surface area contributed by atoms with Gasteiger partial charge in [0.05, 0.1) is 6.04 Å². The number of Topliss-reactive ketones (excluding diaryl/α,β-unsaturated/α-hetero) is 1. The van der Waals surface area contributed by atoms with Crippen LogP contribution in [0.25, 0.3) is 0 Å². The Morgan fingerprint density at radius 3 is 2.06 bits per heavy atom. The fourth-order valence-corrected chi connectivity index (χ4v) is 2.61. The van der Waals surface area contributed by atoms with E-state index in [2.05, 4.69) is 32.6 Å².